The monoisotopic (exact) mass is 277 g/mol. The summed E-state index contributed by atoms with van der Waals surface area (Å²) in [4.78, 5) is 15.8. The molecule has 3 N–H and O–H groups in total. The van der Waals surface area contributed by atoms with Crippen LogP contribution in [0.4, 0.5) is 4.79 Å². The third kappa shape index (κ3) is 3.67. The van der Waals surface area contributed by atoms with Crippen molar-refractivity contribution in [2.75, 3.05) is 6.54 Å². The summed E-state index contributed by atoms with van der Waals surface area (Å²) >= 11 is 0. The van der Waals surface area contributed by atoms with Gasteiger partial charge in [-0.25, -0.2) is 14.3 Å². The number of rotatable bonds is 6. The lowest BCUT2D eigenvalue weighted by Crippen LogP contribution is -2.39. The van der Waals surface area contributed by atoms with Gasteiger partial charge >= 0.3 is 6.03 Å². The molecular weight excluding hydrogens is 258 g/mol. The number of aromatic nitrogens is 3. The smallest absolute Gasteiger partial charge is 0.315 e. The Labute approximate surface area is 117 Å². The number of carbonyl (C=O) groups is 1. The van der Waals surface area contributed by atoms with Crippen molar-refractivity contribution in [3.63, 3.8) is 0 Å². The highest BCUT2D eigenvalue weighted by Gasteiger charge is 2.07. The van der Waals surface area contributed by atoms with Crippen molar-refractivity contribution in [1.82, 2.24) is 25.2 Å². The van der Waals surface area contributed by atoms with E-state index < -0.39 is 6.10 Å². The largest absolute Gasteiger partial charge is 0.391 e. The van der Waals surface area contributed by atoms with E-state index in [0.717, 1.165) is 17.8 Å². The predicted octanol–water partition coefficient (Wildman–Crippen LogP) is 0.689. The maximum absolute atomic E-state index is 11.6. The SMILES string of the molecule is CCCC(O)CNC(=O)NCc1ccnc2ccnn12. The lowest BCUT2D eigenvalue weighted by Gasteiger charge is -2.12. The number of hydrogen-bond acceptors (Lipinski definition) is 4. The van der Waals surface area contributed by atoms with Gasteiger partial charge in [0.15, 0.2) is 5.65 Å². The van der Waals surface area contributed by atoms with Crippen LogP contribution < -0.4 is 10.6 Å². The molecule has 2 aromatic rings. The topological polar surface area (TPSA) is 91.5 Å². The Hall–Kier alpha value is -2.15. The van der Waals surface area contributed by atoms with Gasteiger partial charge in [0.2, 0.25) is 0 Å². The fourth-order valence-electron chi connectivity index (χ4n) is 1.90. The number of hydrogen-bond donors (Lipinski definition) is 3. The van der Waals surface area contributed by atoms with Crippen molar-refractivity contribution >= 4 is 11.7 Å². The average molecular weight is 277 g/mol. The number of amides is 2. The Bertz CT molecular complexity index is 569. The zero-order chi connectivity index (χ0) is 14.4. The molecule has 0 saturated heterocycles. The standard InChI is InChI=1S/C13H19N5O2/c1-2-3-11(19)9-16-13(20)15-8-10-4-6-14-12-5-7-17-18(10)12/h4-7,11,19H,2-3,8-9H2,1H3,(H2,15,16,20). The number of carbonyl (C=O) groups excluding carboxylic acids is 1. The number of nitrogens with zero attached hydrogens (tertiary/aromatic N) is 3. The van der Waals surface area contributed by atoms with Crippen LogP contribution in [0.5, 0.6) is 0 Å². The van der Waals surface area contributed by atoms with Crippen LogP contribution in [0.2, 0.25) is 0 Å². The van der Waals surface area contributed by atoms with Gasteiger partial charge in [0.25, 0.3) is 0 Å². The number of fused-ring (bicyclic) bond motifs is 1. The van der Waals surface area contributed by atoms with Crippen LogP contribution in [-0.4, -0.2) is 38.4 Å². The van der Waals surface area contributed by atoms with E-state index in [9.17, 15) is 9.90 Å². The van der Waals surface area contributed by atoms with Gasteiger partial charge in [0, 0.05) is 18.8 Å². The molecule has 108 valence electrons. The van der Waals surface area contributed by atoms with Crippen molar-refractivity contribution in [3.8, 4) is 0 Å². The molecule has 2 amide bonds. The Morgan fingerprint density at radius 1 is 1.40 bits per heavy atom. The van der Waals surface area contributed by atoms with E-state index in [0.29, 0.717) is 13.0 Å². The lowest BCUT2D eigenvalue weighted by molar-refractivity contribution is 0.160. The number of aliphatic hydroxyl groups excluding tert-OH is 1. The second-order valence-electron chi connectivity index (χ2n) is 4.54. The minimum absolute atomic E-state index is 0.257. The molecule has 0 aromatic carbocycles. The number of urea groups is 1. The summed E-state index contributed by atoms with van der Waals surface area (Å²) in [7, 11) is 0. The molecule has 0 bridgehead atoms. The van der Waals surface area contributed by atoms with Crippen LogP contribution in [0.3, 0.4) is 0 Å². The zero-order valence-electron chi connectivity index (χ0n) is 11.4. The average Bonchev–Trinajstić information content (AvgIpc) is 2.92. The third-order valence-corrected chi connectivity index (χ3v) is 2.92. The molecule has 0 radical (unpaired) electrons. The van der Waals surface area contributed by atoms with Crippen molar-refractivity contribution in [1.29, 1.82) is 0 Å². The highest BCUT2D eigenvalue weighted by atomic mass is 16.3. The zero-order valence-corrected chi connectivity index (χ0v) is 11.4. The van der Waals surface area contributed by atoms with E-state index in [1.807, 2.05) is 6.92 Å². The molecule has 0 aliphatic carbocycles. The molecule has 7 heteroatoms. The molecular formula is C13H19N5O2. The fourth-order valence-corrected chi connectivity index (χ4v) is 1.90. The molecule has 1 atom stereocenters. The summed E-state index contributed by atoms with van der Waals surface area (Å²) in [5, 5.41) is 19.0. The van der Waals surface area contributed by atoms with E-state index in [2.05, 4.69) is 20.7 Å². The summed E-state index contributed by atoms with van der Waals surface area (Å²) in [5.41, 5.74) is 1.58. The van der Waals surface area contributed by atoms with Gasteiger partial charge in [0.05, 0.1) is 24.5 Å². The summed E-state index contributed by atoms with van der Waals surface area (Å²) in [5.74, 6) is 0. The molecule has 20 heavy (non-hydrogen) atoms. The second kappa shape index (κ2) is 6.85. The Morgan fingerprint density at radius 2 is 2.25 bits per heavy atom. The van der Waals surface area contributed by atoms with Gasteiger partial charge in [-0.1, -0.05) is 13.3 Å². The lowest BCUT2D eigenvalue weighted by atomic mass is 10.2. The number of aliphatic hydroxyl groups is 1. The first-order chi connectivity index (χ1) is 9.70. The highest BCUT2D eigenvalue weighted by molar-refractivity contribution is 5.73. The van der Waals surface area contributed by atoms with E-state index >= 15 is 0 Å². The van der Waals surface area contributed by atoms with Crippen molar-refractivity contribution in [3.05, 3.63) is 30.2 Å². The minimum Gasteiger partial charge on any atom is -0.391 e. The molecule has 1 unspecified atom stereocenters. The van der Waals surface area contributed by atoms with Crippen LogP contribution in [0.25, 0.3) is 5.65 Å². The summed E-state index contributed by atoms with van der Waals surface area (Å²) < 4.78 is 1.67. The molecule has 0 aliphatic heterocycles. The quantitative estimate of drug-likeness (QED) is 0.724. The van der Waals surface area contributed by atoms with Gasteiger partial charge in [-0.3, -0.25) is 0 Å². The first-order valence-electron chi connectivity index (χ1n) is 6.68. The molecule has 0 saturated carbocycles. The summed E-state index contributed by atoms with van der Waals surface area (Å²) in [6.07, 6.45) is 4.41. The molecule has 2 aromatic heterocycles. The van der Waals surface area contributed by atoms with Crippen molar-refractivity contribution in [2.45, 2.75) is 32.4 Å². The van der Waals surface area contributed by atoms with Gasteiger partial charge < -0.3 is 15.7 Å². The van der Waals surface area contributed by atoms with Gasteiger partial charge in [0.1, 0.15) is 0 Å². The second-order valence-corrected chi connectivity index (χ2v) is 4.54. The molecule has 2 heterocycles. The predicted molar refractivity (Wildman–Crippen MR) is 74.1 cm³/mol. The van der Waals surface area contributed by atoms with E-state index in [4.69, 9.17) is 0 Å². The van der Waals surface area contributed by atoms with Gasteiger partial charge in [-0.2, -0.15) is 5.10 Å². The van der Waals surface area contributed by atoms with E-state index in [1.54, 1.807) is 29.0 Å². The molecule has 0 fully saturated rings. The molecule has 0 aliphatic rings. The van der Waals surface area contributed by atoms with E-state index in [1.165, 1.54) is 0 Å². The molecule has 2 rings (SSSR count). The van der Waals surface area contributed by atoms with Crippen LogP contribution in [-0.2, 0) is 6.54 Å². The van der Waals surface area contributed by atoms with Crippen molar-refractivity contribution in [2.24, 2.45) is 0 Å². The normalized spacial score (nSPS) is 12.3. The molecule has 7 nitrogen and oxygen atoms in total. The third-order valence-electron chi connectivity index (χ3n) is 2.92. The van der Waals surface area contributed by atoms with Crippen LogP contribution >= 0.6 is 0 Å². The molecule has 0 spiro atoms. The van der Waals surface area contributed by atoms with Gasteiger partial charge in [-0.15, -0.1) is 0 Å². The fraction of sp³-hybridized carbons (Fsp3) is 0.462. The Balaban J connectivity index is 1.83. The Kier molecular flexibility index (Phi) is 4.89. The summed E-state index contributed by atoms with van der Waals surface area (Å²) in [6.45, 7) is 2.59. The Morgan fingerprint density at radius 3 is 3.05 bits per heavy atom. The van der Waals surface area contributed by atoms with Crippen LogP contribution in [0, 0.1) is 0 Å². The summed E-state index contributed by atoms with van der Waals surface area (Å²) in [6, 6.07) is 3.29. The van der Waals surface area contributed by atoms with E-state index in [-0.39, 0.29) is 12.6 Å². The number of nitrogens with one attached hydrogen (secondary N) is 2. The highest BCUT2D eigenvalue weighted by Crippen LogP contribution is 2.02. The van der Waals surface area contributed by atoms with Crippen LogP contribution in [0.15, 0.2) is 24.5 Å². The maximum Gasteiger partial charge on any atom is 0.315 e. The van der Waals surface area contributed by atoms with Gasteiger partial charge in [-0.05, 0) is 12.5 Å². The first kappa shape index (κ1) is 14.3. The van der Waals surface area contributed by atoms with Crippen LogP contribution in [0.1, 0.15) is 25.5 Å². The minimum atomic E-state index is -0.496. The first-order valence-corrected chi connectivity index (χ1v) is 6.68. The van der Waals surface area contributed by atoms with Crippen molar-refractivity contribution < 1.29 is 9.90 Å². The maximum atomic E-state index is 11.6.